The Hall–Kier alpha value is -1.80. The van der Waals surface area contributed by atoms with Crippen LogP contribution in [0.25, 0.3) is 0 Å². The average Bonchev–Trinajstić information content (AvgIpc) is 2.59. The van der Waals surface area contributed by atoms with Gasteiger partial charge in [0, 0.05) is 11.8 Å². The molecule has 0 aliphatic carbocycles. The predicted octanol–water partition coefficient (Wildman–Crippen LogP) is 2.71. The summed E-state index contributed by atoms with van der Waals surface area (Å²) in [6, 6.07) is 6.85. The molecule has 10 heteroatoms. The summed E-state index contributed by atoms with van der Waals surface area (Å²) in [5.41, 5.74) is -1.88. The zero-order valence-corrected chi connectivity index (χ0v) is 15.5. The molecule has 1 N–H and O–H groups in total. The van der Waals surface area contributed by atoms with Crippen molar-refractivity contribution in [3.05, 3.63) is 46.0 Å². The highest BCUT2D eigenvalue weighted by molar-refractivity contribution is 7.51. The van der Waals surface area contributed by atoms with E-state index in [9.17, 15) is 19.5 Å². The van der Waals surface area contributed by atoms with Crippen LogP contribution in [-0.4, -0.2) is 36.8 Å². The van der Waals surface area contributed by atoms with Crippen LogP contribution in [0.1, 0.15) is 32.4 Å². The van der Waals surface area contributed by atoms with E-state index in [2.05, 4.69) is 9.82 Å². The number of nitrogens with one attached hydrogen (secondary N) is 1. The van der Waals surface area contributed by atoms with Crippen LogP contribution in [0.2, 0.25) is 0 Å². The zero-order valence-electron chi connectivity index (χ0n) is 14.6. The van der Waals surface area contributed by atoms with Crippen molar-refractivity contribution >= 4 is 13.7 Å². The lowest BCUT2D eigenvalue weighted by Crippen LogP contribution is -2.53. The zero-order chi connectivity index (χ0) is 19.1. The maximum atomic E-state index is 12.8. The lowest BCUT2D eigenvalue weighted by molar-refractivity contribution is -0.556. The van der Waals surface area contributed by atoms with Gasteiger partial charge in [-0.25, -0.2) is 14.4 Å². The Morgan fingerprint density at radius 3 is 2.20 bits per heavy atom. The number of esters is 1. The highest BCUT2D eigenvalue weighted by atomic mass is 31.2. The van der Waals surface area contributed by atoms with Gasteiger partial charge in [-0.3, -0.25) is 19.2 Å². The normalized spacial score (nSPS) is 15.2. The van der Waals surface area contributed by atoms with Crippen LogP contribution in [0.3, 0.4) is 0 Å². The molecule has 0 spiro atoms. The Morgan fingerprint density at radius 1 is 1.28 bits per heavy atom. The number of hydrogen-bond acceptors (Lipinski definition) is 7. The first kappa shape index (κ1) is 21.2. The second-order valence-electron chi connectivity index (χ2n) is 5.20. The van der Waals surface area contributed by atoms with Gasteiger partial charge in [0.1, 0.15) is 6.04 Å². The third-order valence-electron chi connectivity index (χ3n) is 3.56. The standard InChI is InChI=1S/C15H23N2O7P/c1-5-23-25(21,24-6-2)16-13(12-10-8-7-9-11-12)15(3,17(19)20)14(18)22-4/h7-11,13H,5-6H2,1-4H3,(H,16,21)/t13-,15-/m0/s1. The van der Waals surface area contributed by atoms with Gasteiger partial charge in [-0.2, -0.15) is 0 Å². The second kappa shape index (κ2) is 9.05. The van der Waals surface area contributed by atoms with Gasteiger partial charge in [-0.05, 0) is 19.4 Å². The summed E-state index contributed by atoms with van der Waals surface area (Å²) >= 11 is 0. The molecule has 25 heavy (non-hydrogen) atoms. The van der Waals surface area contributed by atoms with Crippen molar-refractivity contribution < 1.29 is 28.1 Å². The van der Waals surface area contributed by atoms with Crippen LogP contribution in [-0.2, 0) is 23.1 Å². The number of ether oxygens (including phenoxy) is 1. The maximum absolute atomic E-state index is 12.8. The molecule has 0 unspecified atom stereocenters. The molecule has 0 fully saturated rings. The SMILES string of the molecule is CCOP(=O)(N[C@@H](c1ccccc1)[C@@](C)(C(=O)OC)[N+](=O)[O-])OCC. The van der Waals surface area contributed by atoms with Crippen LogP contribution in [0.4, 0.5) is 0 Å². The summed E-state index contributed by atoms with van der Waals surface area (Å²) in [5, 5.41) is 14.3. The Balaban J connectivity index is 3.46. The molecule has 9 nitrogen and oxygen atoms in total. The van der Waals surface area contributed by atoms with Crippen LogP contribution in [0.15, 0.2) is 30.3 Å². The minimum atomic E-state index is -3.89. The number of rotatable bonds is 10. The smallest absolute Gasteiger partial charge is 0.406 e. The Bertz CT molecular complexity index is 630. The Morgan fingerprint density at radius 2 is 1.80 bits per heavy atom. The largest absolute Gasteiger partial charge is 0.464 e. The molecule has 0 aliphatic rings. The lowest BCUT2D eigenvalue weighted by Gasteiger charge is -2.31. The van der Waals surface area contributed by atoms with Crippen molar-refractivity contribution in [3.63, 3.8) is 0 Å². The van der Waals surface area contributed by atoms with Gasteiger partial charge in [-0.1, -0.05) is 30.3 Å². The molecule has 0 saturated carbocycles. The number of nitro groups is 1. The fourth-order valence-corrected chi connectivity index (χ4v) is 3.90. The number of carbonyl (C=O) groups excluding carboxylic acids is 1. The van der Waals surface area contributed by atoms with E-state index in [-0.39, 0.29) is 13.2 Å². The van der Waals surface area contributed by atoms with E-state index in [4.69, 9.17) is 9.05 Å². The van der Waals surface area contributed by atoms with Crippen molar-refractivity contribution in [2.45, 2.75) is 32.4 Å². The van der Waals surface area contributed by atoms with Gasteiger partial charge < -0.3 is 4.74 Å². The minimum absolute atomic E-state index is 0.0548. The van der Waals surface area contributed by atoms with E-state index in [0.29, 0.717) is 5.56 Å². The van der Waals surface area contributed by atoms with Crippen molar-refractivity contribution in [1.29, 1.82) is 0 Å². The average molecular weight is 374 g/mol. The third-order valence-corrected chi connectivity index (χ3v) is 5.33. The van der Waals surface area contributed by atoms with Crippen molar-refractivity contribution in [2.24, 2.45) is 0 Å². The molecule has 0 radical (unpaired) electrons. The number of carbonyl (C=O) groups is 1. The summed E-state index contributed by atoms with van der Waals surface area (Å²) < 4.78 is 27.8. The molecule has 0 bridgehead atoms. The van der Waals surface area contributed by atoms with Gasteiger partial charge in [0.2, 0.25) is 0 Å². The molecule has 1 aromatic rings. The molecule has 0 aliphatic heterocycles. The quantitative estimate of drug-likeness (QED) is 0.287. The number of methoxy groups -OCH3 is 1. The molecular formula is C15H23N2O7P. The number of hydrogen-bond donors (Lipinski definition) is 1. The van der Waals surface area contributed by atoms with Crippen molar-refractivity contribution in [1.82, 2.24) is 5.09 Å². The first-order valence-electron chi connectivity index (χ1n) is 7.69. The molecule has 0 heterocycles. The Labute approximate surface area is 146 Å². The van der Waals surface area contributed by atoms with E-state index in [0.717, 1.165) is 14.0 Å². The summed E-state index contributed by atoms with van der Waals surface area (Å²) in [4.78, 5) is 23.2. The fraction of sp³-hybridized carbons (Fsp3) is 0.533. The summed E-state index contributed by atoms with van der Waals surface area (Å²) in [6.07, 6.45) is 0. The number of nitrogens with zero attached hydrogens (tertiary/aromatic N) is 1. The molecule has 140 valence electrons. The first-order valence-corrected chi connectivity index (χ1v) is 9.24. The van der Waals surface area contributed by atoms with Gasteiger partial charge in [0.25, 0.3) is 0 Å². The molecule has 2 atom stereocenters. The molecule has 0 amide bonds. The topological polar surface area (TPSA) is 117 Å². The fourth-order valence-electron chi connectivity index (χ4n) is 2.28. The van der Waals surface area contributed by atoms with Crippen LogP contribution in [0.5, 0.6) is 0 Å². The van der Waals surface area contributed by atoms with Crippen LogP contribution < -0.4 is 5.09 Å². The Kier molecular flexibility index (Phi) is 7.69. The van der Waals surface area contributed by atoms with Gasteiger partial charge >= 0.3 is 19.3 Å². The monoisotopic (exact) mass is 374 g/mol. The van der Waals surface area contributed by atoms with Crippen LogP contribution >= 0.6 is 7.75 Å². The van der Waals surface area contributed by atoms with E-state index in [1.165, 1.54) is 0 Å². The molecule has 1 rings (SSSR count). The molecule has 0 saturated heterocycles. The predicted molar refractivity (Wildman–Crippen MR) is 90.6 cm³/mol. The number of benzene rings is 1. The summed E-state index contributed by atoms with van der Waals surface area (Å²) in [5.74, 6) is -1.08. The van der Waals surface area contributed by atoms with Gasteiger partial charge in [0.05, 0.1) is 20.3 Å². The second-order valence-corrected chi connectivity index (χ2v) is 6.97. The first-order chi connectivity index (χ1) is 11.7. The van der Waals surface area contributed by atoms with E-state index in [1.807, 2.05) is 0 Å². The van der Waals surface area contributed by atoms with E-state index in [1.54, 1.807) is 44.2 Å². The maximum Gasteiger partial charge on any atom is 0.406 e. The van der Waals surface area contributed by atoms with Gasteiger partial charge in [-0.15, -0.1) is 0 Å². The minimum Gasteiger partial charge on any atom is -0.464 e. The molecule has 1 aromatic carbocycles. The molecular weight excluding hydrogens is 351 g/mol. The lowest BCUT2D eigenvalue weighted by atomic mass is 9.88. The highest BCUT2D eigenvalue weighted by Gasteiger charge is 2.57. The highest BCUT2D eigenvalue weighted by Crippen LogP contribution is 2.48. The summed E-state index contributed by atoms with van der Waals surface area (Å²) in [6.45, 7) is 4.43. The summed E-state index contributed by atoms with van der Waals surface area (Å²) in [7, 11) is -2.84. The van der Waals surface area contributed by atoms with Gasteiger partial charge in [0.15, 0.2) is 0 Å². The van der Waals surface area contributed by atoms with Crippen molar-refractivity contribution in [3.8, 4) is 0 Å². The molecule has 0 aromatic heterocycles. The van der Waals surface area contributed by atoms with Crippen LogP contribution in [0, 0.1) is 10.1 Å². The van der Waals surface area contributed by atoms with E-state index >= 15 is 0 Å². The van der Waals surface area contributed by atoms with E-state index < -0.39 is 30.2 Å². The third kappa shape index (κ3) is 4.85. The van der Waals surface area contributed by atoms with Crippen molar-refractivity contribution in [2.75, 3.05) is 20.3 Å².